The number of phosphoric acid groups is 4. The summed E-state index contributed by atoms with van der Waals surface area (Å²) in [5.74, 6) is 0.952. The first-order chi connectivity index (χ1) is 66.1. The summed E-state index contributed by atoms with van der Waals surface area (Å²) in [6.45, 7) is 27.6. The normalized spacial score (nSPS) is 35.1. The van der Waals surface area contributed by atoms with Gasteiger partial charge in [0.05, 0.1) is 59.0 Å². The number of carbonyl (C=O) groups is 4. The highest BCUT2D eigenvalue weighted by Crippen LogP contribution is 2.65. The number of phosphoric ester groups is 4. The van der Waals surface area contributed by atoms with Crippen molar-refractivity contribution in [3.63, 3.8) is 0 Å². The van der Waals surface area contributed by atoms with E-state index in [4.69, 9.17) is 145 Å². The molecule has 0 spiro atoms. The standard InChI is InChI=1S/C17H25ClN3O7PS.3C16H22ClN2O8PS.C14H20ClN2O7P/c1-16(2,3)14(23)30-8-6-19-29(25)26-9-10-12(28-29)17(4,18)13(27-10)21-7-5-11(22)20-15(21)24;3*1-9(2)13(21)29-7-6-24-28(23)25-8-10-12(27-28)16(3,17)14(26-10)19-5-4-11(20)18-15(19)22;1-4-8(2)23-25(20)21-7-9-11(24-25)14(3,15)12(22-9)17-6-5-10(18)16-13(17)19/h5,7,10,12-13H,6,8-9H2,1-4H3,(H,19,25)(H,20,22,24);3*4-5,9-10,12,14H,6-8H2,1-3H3,(H,18,20,22);5-6,8-9,11-12H,4,7H2,1-3H3,(H,16,18,19)/t10-,12-,13-,17-,29+;10-,12-,14-,16-,28?;10-,12-,14-,16-,28+;10-,12-,14-,16-,28-;8?,9-,11-,12-,14-,25?/m11111/s1. The maximum atomic E-state index is 13.0. The Morgan fingerprint density at radius 1 is 0.394 bits per heavy atom. The van der Waals surface area contributed by atoms with Gasteiger partial charge >= 0.3 is 67.5 Å². The van der Waals surface area contributed by atoms with Crippen molar-refractivity contribution in [1.82, 2.24) is 52.8 Å². The molecule has 0 aromatic carbocycles. The van der Waals surface area contributed by atoms with Gasteiger partial charge in [-0.25, -0.2) is 51.9 Å². The minimum absolute atomic E-state index is 0.00383. The number of fused-ring (bicyclic) bond motifs is 5. The number of ether oxygens (including phenoxy) is 5. The zero-order valence-corrected chi connectivity index (χ0v) is 90.7. The lowest BCUT2D eigenvalue weighted by molar-refractivity contribution is -0.117. The molecule has 0 saturated carbocycles. The van der Waals surface area contributed by atoms with E-state index in [0.29, 0.717) is 29.4 Å². The minimum Gasteiger partial charge on any atom is -0.347 e. The van der Waals surface area contributed by atoms with E-state index in [-0.39, 0.29) is 104 Å². The summed E-state index contributed by atoms with van der Waals surface area (Å²) in [5, 5.41) is 2.78. The van der Waals surface area contributed by atoms with Gasteiger partial charge in [0.15, 0.2) is 51.6 Å². The molecule has 0 aliphatic carbocycles. The van der Waals surface area contributed by atoms with Crippen LogP contribution < -0.4 is 61.3 Å². The zero-order chi connectivity index (χ0) is 105. The van der Waals surface area contributed by atoms with Crippen molar-refractivity contribution in [2.24, 2.45) is 23.2 Å². The molecular weight excluding hydrogens is 2170 g/mol. The molecule has 5 aromatic rings. The number of rotatable bonds is 27. The van der Waals surface area contributed by atoms with Crippen molar-refractivity contribution in [1.29, 1.82) is 0 Å². The number of H-pyrrole nitrogens is 5. The fourth-order valence-electron chi connectivity index (χ4n) is 14.8. The number of thioether (sulfide) groups is 4. The van der Waals surface area contributed by atoms with Crippen molar-refractivity contribution in [2.45, 2.75) is 240 Å². The third-order valence-corrected chi connectivity index (χ3v) is 36.6. The Bertz CT molecular complexity index is 5930. The first kappa shape index (κ1) is 118. The van der Waals surface area contributed by atoms with Crippen molar-refractivity contribution >= 4 is 165 Å². The van der Waals surface area contributed by atoms with Crippen LogP contribution in [0.3, 0.4) is 0 Å². The van der Waals surface area contributed by atoms with Crippen LogP contribution in [-0.2, 0) is 129 Å². The molecular formula is C79H111Cl5N11O38P5S4. The number of nitrogens with zero attached hydrogens (tertiary/aromatic N) is 5. The maximum absolute atomic E-state index is 13.0. The van der Waals surface area contributed by atoms with Crippen LogP contribution in [0.25, 0.3) is 0 Å². The van der Waals surface area contributed by atoms with Gasteiger partial charge in [0.2, 0.25) is 0 Å². The van der Waals surface area contributed by atoms with E-state index in [1.807, 2.05) is 27.7 Å². The molecule has 26 atom stereocenters. The van der Waals surface area contributed by atoms with Crippen LogP contribution in [0, 0.1) is 23.2 Å². The molecule has 10 aliphatic heterocycles. The molecule has 0 radical (unpaired) electrons. The van der Waals surface area contributed by atoms with Gasteiger partial charge < -0.3 is 23.7 Å². The molecule has 49 nitrogen and oxygen atoms in total. The molecule has 63 heteroatoms. The fraction of sp³-hybridized carbons (Fsp3) is 0.696. The van der Waals surface area contributed by atoms with E-state index in [0.717, 1.165) is 69.9 Å². The van der Waals surface area contributed by atoms with E-state index >= 15 is 0 Å². The number of aromatic amines is 5. The quantitative estimate of drug-likeness (QED) is 0.0162. The van der Waals surface area contributed by atoms with Crippen molar-refractivity contribution in [3.8, 4) is 0 Å². The van der Waals surface area contributed by atoms with Crippen molar-refractivity contribution < 1.29 is 129 Å². The van der Waals surface area contributed by atoms with Crippen LogP contribution in [0.1, 0.15) is 148 Å². The second-order valence-electron chi connectivity index (χ2n) is 36.0. The molecule has 10 saturated heterocycles. The molecule has 6 N–H and O–H groups in total. The lowest BCUT2D eigenvalue weighted by Gasteiger charge is -2.35. The van der Waals surface area contributed by atoms with E-state index in [2.05, 4.69) is 30.0 Å². The molecule has 10 aliphatic rings. The summed E-state index contributed by atoms with van der Waals surface area (Å²) in [6, 6.07) is 5.87. The first-order valence-corrected chi connectivity index (χ1v) is 57.3. The summed E-state index contributed by atoms with van der Waals surface area (Å²) < 4.78 is 174. The number of alkyl halides is 5. The van der Waals surface area contributed by atoms with Gasteiger partial charge in [-0.1, -0.05) is 116 Å². The Morgan fingerprint density at radius 2 is 0.634 bits per heavy atom. The van der Waals surface area contributed by atoms with Gasteiger partial charge in [-0.15, -0.1) is 58.0 Å². The number of nitrogens with one attached hydrogen (secondary N) is 6. The summed E-state index contributed by atoms with van der Waals surface area (Å²) in [4.78, 5) is 168. The van der Waals surface area contributed by atoms with Crippen molar-refractivity contribution in [3.05, 3.63) is 166 Å². The molecule has 3 unspecified atom stereocenters. The maximum Gasteiger partial charge on any atom is 0.475 e. The van der Waals surface area contributed by atoms with E-state index in [9.17, 15) is 89.9 Å². The predicted octanol–water partition coefficient (Wildman–Crippen LogP) is 9.28. The average molecular weight is 2280 g/mol. The SMILES string of the molecule is CC(C)(C)C(=O)SCCN[P@]1(=O)OC[C@H]2O[C@@H](n3ccc(=O)[nH]c3=O)[C@](C)(Cl)[C@@H]2O1.CC(C)C(=O)SCCOP1(=O)OC[C@H]2O[C@@H](n3ccc(=O)[nH]c3=O)[C@](C)(Cl)[C@@H]2O1.CC(C)C(=O)SCCO[P@@]1(=O)OC[C@H]2O[C@@H](n3ccc(=O)[nH]c3=O)[C@](C)(Cl)[C@@H]2O1.CC(C)C(=O)SCCO[P@]1(=O)OC[C@H]2O[C@@H](n3ccc(=O)[nH]c3=O)[C@](C)(Cl)[C@@H]2O1.CCC(C)OP1(=O)OC[C@H]2O[C@@H](n3ccc(=O)[nH]c3=O)[C@](C)(Cl)[C@@H]2O1. The third kappa shape index (κ3) is 28.6. The van der Waals surface area contributed by atoms with Gasteiger partial charge in [0.1, 0.15) is 85.4 Å². The molecule has 10 fully saturated rings. The van der Waals surface area contributed by atoms with E-state index < -0.39 is 217 Å². The van der Waals surface area contributed by atoms with Crippen LogP contribution in [0.5, 0.6) is 0 Å². The Balaban J connectivity index is 0.000000170. The Labute approximate surface area is 851 Å². The molecule has 0 bridgehead atoms. The molecule has 15 rings (SSSR count). The summed E-state index contributed by atoms with van der Waals surface area (Å²) >= 11 is 37.6. The van der Waals surface area contributed by atoms with Gasteiger partial charge in [-0.3, -0.25) is 154 Å². The third-order valence-electron chi connectivity index (χ3n) is 22.4. The lowest BCUT2D eigenvalue weighted by atomic mass is 10.00. The second-order valence-corrected chi connectivity index (χ2v) is 52.6. The molecule has 15 heterocycles. The van der Waals surface area contributed by atoms with Gasteiger partial charge in [0, 0.05) is 114 Å². The lowest BCUT2D eigenvalue weighted by Crippen LogP contribution is -2.46. The highest BCUT2D eigenvalue weighted by molar-refractivity contribution is 8.14. The highest BCUT2D eigenvalue weighted by atomic mass is 35.5. The van der Waals surface area contributed by atoms with Gasteiger partial charge in [0.25, 0.3) is 27.8 Å². The summed E-state index contributed by atoms with van der Waals surface area (Å²) in [6.07, 6.45) is -5.85. The monoisotopic (exact) mass is 2280 g/mol. The molecule has 0 amide bonds. The average Bonchev–Trinajstić information content (AvgIpc) is 1.61. The van der Waals surface area contributed by atoms with Crippen LogP contribution >= 0.6 is 144 Å². The van der Waals surface area contributed by atoms with Gasteiger partial charge in [-0.05, 0) is 48.0 Å². The second kappa shape index (κ2) is 47.9. The van der Waals surface area contributed by atoms with Crippen LogP contribution in [0.2, 0.25) is 0 Å². The number of aromatic nitrogens is 10. The molecule has 5 aromatic heterocycles. The Morgan fingerprint density at radius 3 is 0.873 bits per heavy atom. The zero-order valence-electron chi connectivity index (χ0n) is 79.2. The number of hydrogen-bond acceptors (Lipinski definition) is 42. The predicted molar refractivity (Wildman–Crippen MR) is 520 cm³/mol. The Kier molecular flexibility index (Phi) is 39.6. The topological polar surface area (TPSA) is 615 Å². The van der Waals surface area contributed by atoms with E-state index in [1.54, 1.807) is 83.1 Å². The first-order valence-electron chi connectivity index (χ1n) is 44.1. The summed E-state index contributed by atoms with van der Waals surface area (Å²) in [7, 11) is -19.2. The van der Waals surface area contributed by atoms with Crippen LogP contribution in [0.4, 0.5) is 0 Å². The fourth-order valence-corrected chi connectivity index (χ4v) is 28.1. The van der Waals surface area contributed by atoms with Crippen LogP contribution in [-0.4, -0.2) is 242 Å². The minimum atomic E-state index is -3.92. The number of hydrogen-bond donors (Lipinski definition) is 6. The molecule has 794 valence electrons. The van der Waals surface area contributed by atoms with Gasteiger partial charge in [-0.2, -0.15) is 0 Å². The van der Waals surface area contributed by atoms with E-state index in [1.165, 1.54) is 61.3 Å². The smallest absolute Gasteiger partial charge is 0.347 e. The Hall–Kier alpha value is -4.72. The van der Waals surface area contributed by atoms with Crippen molar-refractivity contribution in [2.75, 3.05) is 82.4 Å². The number of halogens is 5. The largest absolute Gasteiger partial charge is 0.475 e. The highest BCUT2D eigenvalue weighted by Gasteiger charge is 2.66. The van der Waals surface area contributed by atoms with Crippen LogP contribution in [0.15, 0.2) is 109 Å². The molecule has 142 heavy (non-hydrogen) atoms. The summed E-state index contributed by atoms with van der Waals surface area (Å²) in [5.41, 5.74) is -6.61. The number of carbonyl (C=O) groups excluding carboxylic acids is 4.